The van der Waals surface area contributed by atoms with Gasteiger partial charge in [-0.1, -0.05) is 48.9 Å². The van der Waals surface area contributed by atoms with Crippen LogP contribution in [-0.4, -0.2) is 29.6 Å². The van der Waals surface area contributed by atoms with E-state index in [0.717, 1.165) is 29.8 Å². The summed E-state index contributed by atoms with van der Waals surface area (Å²) in [6.45, 7) is 6.21. The Morgan fingerprint density at radius 3 is 2.68 bits per heavy atom. The molecule has 0 bridgehead atoms. The van der Waals surface area contributed by atoms with Crippen molar-refractivity contribution in [2.24, 2.45) is 11.8 Å². The number of hydrogen-bond donors (Lipinski definition) is 3. The predicted molar refractivity (Wildman–Crippen MR) is 121 cm³/mol. The van der Waals surface area contributed by atoms with Gasteiger partial charge in [-0.15, -0.1) is 0 Å². The number of nitrogens with one attached hydrogen (secondary N) is 2. The molecule has 3 atom stereocenters. The number of allylic oxidation sites excluding steroid dienone is 4. The summed E-state index contributed by atoms with van der Waals surface area (Å²) in [5.74, 6) is 0.112. The number of carbonyl (C=O) groups excluding carboxylic acids is 2. The monoisotopic (exact) mass is 424 g/mol. The first-order valence-electron chi connectivity index (χ1n) is 11.0. The van der Waals surface area contributed by atoms with E-state index in [4.69, 9.17) is 4.74 Å². The fraction of sp³-hybridized carbons (Fsp3) is 0.440. The molecule has 1 heterocycles. The van der Waals surface area contributed by atoms with Crippen molar-refractivity contribution in [3.63, 3.8) is 0 Å². The van der Waals surface area contributed by atoms with Crippen LogP contribution in [0, 0.1) is 11.8 Å². The first kappa shape index (κ1) is 22.7. The molecule has 1 aliphatic heterocycles. The number of esters is 1. The Balaban J connectivity index is 1.61. The Kier molecular flexibility index (Phi) is 7.55. The van der Waals surface area contributed by atoms with Crippen LogP contribution in [0.1, 0.15) is 52.0 Å². The van der Waals surface area contributed by atoms with Crippen LogP contribution in [0.4, 0.5) is 0 Å². The molecule has 0 saturated heterocycles. The minimum absolute atomic E-state index is 0.240. The Bertz CT molecular complexity index is 901. The molecule has 166 valence electrons. The van der Waals surface area contributed by atoms with Crippen LogP contribution in [0.15, 0.2) is 59.5 Å². The molecule has 0 fully saturated rings. The lowest BCUT2D eigenvalue weighted by molar-refractivity contribution is -0.145. The first-order chi connectivity index (χ1) is 14.9. The summed E-state index contributed by atoms with van der Waals surface area (Å²) >= 11 is 0. The normalized spacial score (nSPS) is 23.4. The first-order valence-corrected chi connectivity index (χ1v) is 11.0. The van der Waals surface area contributed by atoms with Gasteiger partial charge in [-0.3, -0.25) is 9.59 Å². The van der Waals surface area contributed by atoms with Gasteiger partial charge in [0.2, 0.25) is 5.91 Å². The van der Waals surface area contributed by atoms with Crippen LogP contribution in [0.5, 0.6) is 0 Å². The topological polar surface area (TPSA) is 87.7 Å². The summed E-state index contributed by atoms with van der Waals surface area (Å²) in [5.41, 5.74) is 3.75. The molecule has 3 rings (SSSR count). The molecule has 0 aromatic heterocycles. The van der Waals surface area contributed by atoms with Crippen LogP contribution in [0.3, 0.4) is 0 Å². The van der Waals surface area contributed by atoms with E-state index in [0.29, 0.717) is 18.1 Å². The van der Waals surface area contributed by atoms with Gasteiger partial charge in [-0.25, -0.2) is 0 Å². The summed E-state index contributed by atoms with van der Waals surface area (Å²) in [6, 6.07) is 10.2. The SMILES string of the molecule is CCOC(=O)CC(=O)NC1=CC(C)C(CC2CCC(O)=C(c3ccccc3)N2)C(C)=C1. The van der Waals surface area contributed by atoms with Crippen molar-refractivity contribution in [1.29, 1.82) is 0 Å². The van der Waals surface area contributed by atoms with Gasteiger partial charge >= 0.3 is 5.97 Å². The predicted octanol–water partition coefficient (Wildman–Crippen LogP) is 4.22. The van der Waals surface area contributed by atoms with Crippen LogP contribution in [-0.2, 0) is 14.3 Å². The second kappa shape index (κ2) is 10.3. The van der Waals surface area contributed by atoms with E-state index in [9.17, 15) is 14.7 Å². The molecular formula is C25H32N2O4. The zero-order valence-electron chi connectivity index (χ0n) is 18.5. The van der Waals surface area contributed by atoms with Crippen molar-refractivity contribution in [2.45, 2.75) is 52.5 Å². The van der Waals surface area contributed by atoms with E-state index in [2.05, 4.69) is 30.6 Å². The number of aliphatic hydroxyl groups is 1. The number of rotatable bonds is 7. The second-order valence-corrected chi connectivity index (χ2v) is 8.31. The molecule has 0 radical (unpaired) electrons. The number of ether oxygens (including phenoxy) is 1. The average Bonchev–Trinajstić information content (AvgIpc) is 2.72. The number of amides is 1. The lowest BCUT2D eigenvalue weighted by Crippen LogP contribution is -2.36. The Labute approximate surface area is 184 Å². The standard InChI is InChI=1S/C25H32N2O4/c1-4-31-24(30)15-23(29)26-20-12-16(2)21(17(3)13-20)14-19-10-11-22(28)25(27-19)18-8-6-5-7-9-18/h5-9,12-13,16,19,21,27-28H,4,10-11,14-15H2,1-3H3,(H,26,29). The zero-order valence-corrected chi connectivity index (χ0v) is 18.5. The molecule has 0 spiro atoms. The number of aliphatic hydroxyl groups excluding tert-OH is 1. The number of benzene rings is 1. The summed E-state index contributed by atoms with van der Waals surface area (Å²) in [7, 11) is 0. The largest absolute Gasteiger partial charge is 0.510 e. The van der Waals surface area contributed by atoms with Crippen LogP contribution < -0.4 is 10.6 Å². The summed E-state index contributed by atoms with van der Waals surface area (Å²) in [4.78, 5) is 23.6. The smallest absolute Gasteiger partial charge is 0.315 e. The third-order valence-electron chi connectivity index (χ3n) is 5.91. The number of hydrogen-bond acceptors (Lipinski definition) is 5. The van der Waals surface area contributed by atoms with Crippen LogP contribution in [0.2, 0.25) is 0 Å². The highest BCUT2D eigenvalue weighted by atomic mass is 16.5. The number of carbonyl (C=O) groups is 2. The molecule has 31 heavy (non-hydrogen) atoms. The van der Waals surface area contributed by atoms with E-state index in [1.54, 1.807) is 6.92 Å². The fourth-order valence-corrected chi connectivity index (χ4v) is 4.37. The van der Waals surface area contributed by atoms with E-state index in [1.165, 1.54) is 5.57 Å². The van der Waals surface area contributed by atoms with Gasteiger partial charge in [0.1, 0.15) is 12.2 Å². The van der Waals surface area contributed by atoms with Gasteiger partial charge in [0.15, 0.2) is 0 Å². The van der Waals surface area contributed by atoms with E-state index >= 15 is 0 Å². The van der Waals surface area contributed by atoms with Crippen molar-refractivity contribution >= 4 is 17.6 Å². The summed E-state index contributed by atoms with van der Waals surface area (Å²) in [6.07, 6.45) is 6.24. The van der Waals surface area contributed by atoms with Gasteiger partial charge in [0.25, 0.3) is 0 Å². The van der Waals surface area contributed by atoms with Crippen molar-refractivity contribution in [2.75, 3.05) is 6.61 Å². The van der Waals surface area contributed by atoms with Gasteiger partial charge < -0.3 is 20.5 Å². The molecule has 3 unspecified atom stereocenters. The van der Waals surface area contributed by atoms with Gasteiger partial charge in [-0.2, -0.15) is 0 Å². The third-order valence-corrected chi connectivity index (χ3v) is 5.91. The molecule has 1 aliphatic carbocycles. The van der Waals surface area contributed by atoms with E-state index in [1.807, 2.05) is 36.4 Å². The van der Waals surface area contributed by atoms with Crippen molar-refractivity contribution in [1.82, 2.24) is 10.6 Å². The highest BCUT2D eigenvalue weighted by Crippen LogP contribution is 2.35. The van der Waals surface area contributed by atoms with Crippen molar-refractivity contribution < 1.29 is 19.4 Å². The summed E-state index contributed by atoms with van der Waals surface area (Å²) in [5, 5.41) is 16.7. The molecule has 1 amide bonds. The molecule has 6 nitrogen and oxygen atoms in total. The van der Waals surface area contributed by atoms with E-state index < -0.39 is 5.97 Å². The summed E-state index contributed by atoms with van der Waals surface area (Å²) < 4.78 is 4.83. The molecule has 0 saturated carbocycles. The van der Waals surface area contributed by atoms with Crippen LogP contribution in [0.25, 0.3) is 5.70 Å². The quantitative estimate of drug-likeness (QED) is 0.451. The third kappa shape index (κ3) is 6.00. The Morgan fingerprint density at radius 2 is 2.00 bits per heavy atom. The van der Waals surface area contributed by atoms with E-state index in [-0.39, 0.29) is 30.9 Å². The highest BCUT2D eigenvalue weighted by Gasteiger charge is 2.29. The van der Waals surface area contributed by atoms with Crippen molar-refractivity contribution in [3.05, 3.63) is 65.1 Å². The maximum Gasteiger partial charge on any atom is 0.315 e. The molecule has 1 aromatic carbocycles. The average molecular weight is 425 g/mol. The van der Waals surface area contributed by atoms with Gasteiger partial charge in [0, 0.05) is 23.7 Å². The fourth-order valence-electron chi connectivity index (χ4n) is 4.37. The maximum atomic E-state index is 12.1. The minimum atomic E-state index is -0.517. The molecule has 1 aromatic rings. The highest BCUT2D eigenvalue weighted by molar-refractivity contribution is 5.95. The maximum absolute atomic E-state index is 12.1. The molecule has 3 N–H and O–H groups in total. The Hall–Kier alpha value is -3.02. The molecular weight excluding hydrogens is 392 g/mol. The zero-order chi connectivity index (χ0) is 22.4. The lowest BCUT2D eigenvalue weighted by Gasteiger charge is -2.34. The van der Waals surface area contributed by atoms with Crippen LogP contribution >= 0.6 is 0 Å². The second-order valence-electron chi connectivity index (χ2n) is 8.31. The minimum Gasteiger partial charge on any atom is -0.510 e. The van der Waals surface area contributed by atoms with Gasteiger partial charge in [0.05, 0.1) is 12.3 Å². The van der Waals surface area contributed by atoms with Crippen molar-refractivity contribution in [3.8, 4) is 0 Å². The Morgan fingerprint density at radius 1 is 1.26 bits per heavy atom. The van der Waals surface area contributed by atoms with Gasteiger partial charge in [-0.05, 0) is 44.6 Å². The molecule has 2 aliphatic rings. The molecule has 6 heteroatoms. The lowest BCUT2D eigenvalue weighted by atomic mass is 9.78.